The van der Waals surface area contributed by atoms with Gasteiger partial charge in [-0.1, -0.05) is 80.1 Å². The van der Waals surface area contributed by atoms with Crippen LogP contribution in [0.5, 0.6) is 0 Å². The van der Waals surface area contributed by atoms with Crippen molar-refractivity contribution in [1.82, 2.24) is 0 Å². The molecule has 176 valence electrons. The molecule has 2 aliphatic carbocycles. The van der Waals surface area contributed by atoms with Gasteiger partial charge in [0.2, 0.25) is 0 Å². The molecular formula is C31H41NO. The van der Waals surface area contributed by atoms with Crippen molar-refractivity contribution in [2.45, 2.75) is 64.2 Å². The number of fused-ring (bicyclic) bond motifs is 1. The highest BCUT2D eigenvalue weighted by molar-refractivity contribution is 5.83. The molecule has 1 saturated carbocycles. The first-order valence-corrected chi connectivity index (χ1v) is 12.8. The smallest absolute Gasteiger partial charge is 0.141 e. The first-order chi connectivity index (χ1) is 16.2. The summed E-state index contributed by atoms with van der Waals surface area (Å²) in [6.07, 6.45) is 15.3. The zero-order valence-electron chi connectivity index (χ0n) is 19.7. The summed E-state index contributed by atoms with van der Waals surface area (Å²) in [7, 11) is 0. The molecule has 0 spiro atoms. The topological polar surface area (TPSA) is 29.4 Å². The molecule has 3 aliphatic rings. The summed E-state index contributed by atoms with van der Waals surface area (Å²) in [5.41, 5.74) is 6.53. The zero-order valence-corrected chi connectivity index (χ0v) is 19.7. The zero-order chi connectivity index (χ0) is 22.6. The second-order valence-corrected chi connectivity index (χ2v) is 10.2. The summed E-state index contributed by atoms with van der Waals surface area (Å²) >= 11 is 0. The van der Waals surface area contributed by atoms with Crippen molar-refractivity contribution in [1.29, 1.82) is 0 Å². The lowest BCUT2D eigenvalue weighted by Crippen LogP contribution is -2.25. The summed E-state index contributed by atoms with van der Waals surface area (Å²) in [5.74, 6) is 2.60. The second kappa shape index (κ2) is 10.0. The van der Waals surface area contributed by atoms with E-state index >= 15 is 0 Å². The Morgan fingerprint density at radius 1 is 0.970 bits per heavy atom. The fraction of sp³-hybridized carbons (Fsp3) is 0.419. The quantitative estimate of drug-likeness (QED) is 0.445. The van der Waals surface area contributed by atoms with Crippen LogP contribution in [0.15, 0.2) is 83.0 Å². The number of hydrogen-bond donors (Lipinski definition) is 0. The third-order valence-electron chi connectivity index (χ3n) is 7.85. The average molecular weight is 444 g/mol. The molecule has 4 atom stereocenters. The van der Waals surface area contributed by atoms with Crippen molar-refractivity contribution in [2.24, 2.45) is 22.7 Å². The van der Waals surface area contributed by atoms with Crippen LogP contribution in [0.3, 0.4) is 0 Å². The van der Waals surface area contributed by atoms with Crippen molar-refractivity contribution < 1.29 is 9.07 Å². The molecule has 2 aromatic rings. The highest BCUT2D eigenvalue weighted by Gasteiger charge is 2.33. The van der Waals surface area contributed by atoms with E-state index < -0.39 is 0 Å². The summed E-state index contributed by atoms with van der Waals surface area (Å²) in [5, 5.41) is 0. The lowest BCUT2D eigenvalue weighted by molar-refractivity contribution is -0.117. The van der Waals surface area contributed by atoms with Gasteiger partial charge in [-0.3, -0.25) is 9.79 Å². The van der Waals surface area contributed by atoms with Crippen LogP contribution in [-0.4, -0.2) is 12.0 Å². The summed E-state index contributed by atoms with van der Waals surface area (Å²) < 4.78 is 0. The lowest BCUT2D eigenvalue weighted by Gasteiger charge is -2.36. The Hall–Kier alpha value is -2.74. The van der Waals surface area contributed by atoms with Crippen LogP contribution in [0.2, 0.25) is 0 Å². The highest BCUT2D eigenvalue weighted by Crippen LogP contribution is 2.45. The van der Waals surface area contributed by atoms with E-state index in [2.05, 4.69) is 49.6 Å². The number of carbonyl (C=O) groups is 1. The largest absolute Gasteiger partial charge is 0.299 e. The van der Waals surface area contributed by atoms with E-state index in [1.807, 2.05) is 30.3 Å². The Labute approximate surface area is 203 Å². The normalized spacial score (nSPS) is 26.8. The van der Waals surface area contributed by atoms with E-state index in [0.717, 1.165) is 11.1 Å². The minimum absolute atomic E-state index is 0. The molecule has 5 rings (SSSR count). The molecule has 1 heterocycles. The number of nitrogens with zero attached hydrogens (tertiary/aromatic N) is 1. The summed E-state index contributed by atoms with van der Waals surface area (Å²) in [6.45, 7) is 2.32. The molecule has 0 N–H and O–H groups in total. The molecule has 0 bridgehead atoms. The number of benzene rings is 2. The van der Waals surface area contributed by atoms with Crippen LogP contribution in [0, 0.1) is 17.8 Å². The standard InChI is InChI=1S/C31H35NO.3H2/c1-22-21-32-31(30-16-6-5-15-29(22)30)27-14-8-13-26(20-27)25-12-7-11-24(17-25)19-28(33)18-23-9-3-2-4-10-23;;;/h2-4,6-7,9-12,16-17,21-22,26-27,29H,5,8,13-15,18-20H2,1H3;3*1H. The van der Waals surface area contributed by atoms with E-state index in [4.69, 9.17) is 4.99 Å². The Morgan fingerprint density at radius 3 is 2.64 bits per heavy atom. The Balaban J connectivity index is 0.00000152. The number of Topliss-reactive ketones (excluding diaryl/α,β-unsaturated/α-hetero) is 1. The first-order valence-electron chi connectivity index (χ1n) is 12.8. The van der Waals surface area contributed by atoms with Crippen LogP contribution in [-0.2, 0) is 17.6 Å². The van der Waals surface area contributed by atoms with E-state index in [1.165, 1.54) is 55.4 Å². The monoisotopic (exact) mass is 443 g/mol. The Bertz CT molecular complexity index is 1090. The van der Waals surface area contributed by atoms with Gasteiger partial charge in [-0.05, 0) is 72.1 Å². The summed E-state index contributed by atoms with van der Waals surface area (Å²) in [6, 6.07) is 18.9. The van der Waals surface area contributed by atoms with Crippen LogP contribution in [0.25, 0.3) is 0 Å². The van der Waals surface area contributed by atoms with E-state index in [-0.39, 0.29) is 10.1 Å². The highest BCUT2D eigenvalue weighted by atomic mass is 16.1. The third kappa shape index (κ3) is 5.11. The van der Waals surface area contributed by atoms with Crippen molar-refractivity contribution in [3.63, 3.8) is 0 Å². The minimum Gasteiger partial charge on any atom is -0.299 e. The minimum atomic E-state index is 0. The molecule has 0 saturated heterocycles. The molecule has 1 fully saturated rings. The van der Waals surface area contributed by atoms with Crippen LogP contribution in [0.4, 0.5) is 0 Å². The van der Waals surface area contributed by atoms with E-state index in [9.17, 15) is 4.79 Å². The Morgan fingerprint density at radius 2 is 1.76 bits per heavy atom. The SMILES string of the molecule is CC1C=NC(C2CCCC(c3cccc(CC(=O)Cc4ccccc4)c3)C2)=C2C=CCCC21.[HH].[HH].[HH]. The van der Waals surface area contributed by atoms with Gasteiger partial charge in [0.15, 0.2) is 0 Å². The van der Waals surface area contributed by atoms with Crippen LogP contribution < -0.4 is 0 Å². The fourth-order valence-corrected chi connectivity index (χ4v) is 6.12. The van der Waals surface area contributed by atoms with Gasteiger partial charge in [-0.25, -0.2) is 0 Å². The number of allylic oxidation sites excluding steroid dienone is 4. The molecule has 0 amide bonds. The summed E-state index contributed by atoms with van der Waals surface area (Å²) in [4.78, 5) is 17.7. The third-order valence-corrected chi connectivity index (χ3v) is 7.85. The number of aliphatic imine (C=N–C) groups is 1. The molecule has 2 nitrogen and oxygen atoms in total. The predicted molar refractivity (Wildman–Crippen MR) is 143 cm³/mol. The number of ketones is 1. The molecule has 33 heavy (non-hydrogen) atoms. The van der Waals surface area contributed by atoms with Crippen molar-refractivity contribution in [2.75, 3.05) is 0 Å². The van der Waals surface area contributed by atoms with Gasteiger partial charge in [0.25, 0.3) is 0 Å². The van der Waals surface area contributed by atoms with Crippen molar-refractivity contribution in [3.05, 3.63) is 94.7 Å². The van der Waals surface area contributed by atoms with Gasteiger partial charge in [-0.2, -0.15) is 0 Å². The number of rotatable bonds is 6. The van der Waals surface area contributed by atoms with Crippen LogP contribution >= 0.6 is 0 Å². The number of hydrogen-bond acceptors (Lipinski definition) is 2. The maximum absolute atomic E-state index is 12.7. The van der Waals surface area contributed by atoms with Gasteiger partial charge < -0.3 is 0 Å². The van der Waals surface area contributed by atoms with Crippen molar-refractivity contribution >= 4 is 12.0 Å². The van der Waals surface area contributed by atoms with E-state index in [0.29, 0.717) is 36.5 Å². The maximum atomic E-state index is 12.7. The van der Waals surface area contributed by atoms with Gasteiger partial charge in [0.1, 0.15) is 5.78 Å². The van der Waals surface area contributed by atoms with Gasteiger partial charge >= 0.3 is 0 Å². The molecule has 2 heteroatoms. The van der Waals surface area contributed by atoms with Crippen molar-refractivity contribution in [3.8, 4) is 0 Å². The molecule has 2 aromatic carbocycles. The maximum Gasteiger partial charge on any atom is 0.141 e. The lowest BCUT2D eigenvalue weighted by atomic mass is 9.71. The fourth-order valence-electron chi connectivity index (χ4n) is 6.12. The second-order valence-electron chi connectivity index (χ2n) is 10.2. The van der Waals surface area contributed by atoms with Gasteiger partial charge in [0, 0.05) is 35.0 Å². The van der Waals surface area contributed by atoms with Gasteiger partial charge in [0.05, 0.1) is 0 Å². The molecule has 0 radical (unpaired) electrons. The molecule has 0 aromatic heterocycles. The average Bonchev–Trinajstić information content (AvgIpc) is 2.85. The first kappa shape index (κ1) is 22.1. The van der Waals surface area contributed by atoms with Gasteiger partial charge in [-0.15, -0.1) is 0 Å². The molecule has 1 aliphatic heterocycles. The Kier molecular flexibility index (Phi) is 6.71. The molecule has 4 unspecified atom stereocenters. The predicted octanol–water partition coefficient (Wildman–Crippen LogP) is 7.99. The molecular weight excluding hydrogens is 402 g/mol. The van der Waals surface area contributed by atoms with E-state index in [1.54, 1.807) is 0 Å². The number of carbonyl (C=O) groups excluding carboxylic acids is 1. The van der Waals surface area contributed by atoms with Crippen LogP contribution in [0.1, 0.15) is 72.3 Å².